The summed E-state index contributed by atoms with van der Waals surface area (Å²) in [4.78, 5) is 20.0. The second kappa shape index (κ2) is 10.0. The van der Waals surface area contributed by atoms with E-state index in [1.807, 2.05) is 23.1 Å². The second-order valence-electron chi connectivity index (χ2n) is 8.12. The first-order valence-electron chi connectivity index (χ1n) is 10.5. The van der Waals surface area contributed by atoms with E-state index in [4.69, 9.17) is 10.7 Å². The van der Waals surface area contributed by atoms with Gasteiger partial charge in [-0.05, 0) is 12.3 Å². The molecular weight excluding hydrogens is 404 g/mol. The lowest BCUT2D eigenvalue weighted by Gasteiger charge is -2.39. The van der Waals surface area contributed by atoms with Gasteiger partial charge < -0.3 is 15.2 Å². The third kappa shape index (κ3) is 4.81. The average Bonchev–Trinajstić information content (AvgIpc) is 3.19. The molecule has 1 amide bonds. The molecule has 1 aliphatic carbocycles. The van der Waals surface area contributed by atoms with Crippen LogP contribution in [-0.4, -0.2) is 38.7 Å². The molecule has 0 radical (unpaired) electrons. The van der Waals surface area contributed by atoms with Crippen LogP contribution in [0.1, 0.15) is 50.4 Å². The second-order valence-corrected chi connectivity index (χ2v) is 8.49. The van der Waals surface area contributed by atoms with Crippen LogP contribution >= 0.6 is 25.0 Å². The summed E-state index contributed by atoms with van der Waals surface area (Å²) in [6.45, 7) is 1.46. The molecule has 5 nitrogen and oxygen atoms in total. The van der Waals surface area contributed by atoms with E-state index in [1.165, 1.54) is 32.1 Å². The Labute approximate surface area is 184 Å². The molecule has 0 unspecified atom stereocenters. The van der Waals surface area contributed by atoms with E-state index in [-0.39, 0.29) is 24.4 Å². The highest BCUT2D eigenvalue weighted by Crippen LogP contribution is 2.37. The summed E-state index contributed by atoms with van der Waals surface area (Å²) >= 11 is 4.25. The third-order valence-electron chi connectivity index (χ3n) is 6.21. The van der Waals surface area contributed by atoms with Gasteiger partial charge in [-0.3, -0.25) is 4.79 Å². The molecule has 0 bridgehead atoms. The first-order chi connectivity index (χ1) is 13.7. The van der Waals surface area contributed by atoms with E-state index in [1.54, 1.807) is 0 Å². The van der Waals surface area contributed by atoms with Crippen molar-refractivity contribution in [3.05, 3.63) is 42.4 Å². The van der Waals surface area contributed by atoms with Crippen LogP contribution in [0.4, 0.5) is 0 Å². The highest BCUT2D eigenvalue weighted by molar-refractivity contribution is 7.80. The summed E-state index contributed by atoms with van der Waals surface area (Å²) in [7, 11) is 0. The van der Waals surface area contributed by atoms with E-state index < -0.39 is 6.04 Å². The summed E-state index contributed by atoms with van der Waals surface area (Å²) < 4.78 is 2.24. The van der Waals surface area contributed by atoms with Crippen molar-refractivity contribution in [2.24, 2.45) is 11.7 Å². The minimum Gasteiger partial charge on any atom is -0.331 e. The van der Waals surface area contributed by atoms with Gasteiger partial charge in [0.15, 0.2) is 0 Å². The number of halogens is 1. The molecule has 1 saturated carbocycles. The maximum Gasteiger partial charge on any atom is 0.241 e. The Bertz CT molecular complexity index is 806. The zero-order chi connectivity index (χ0) is 19.5. The fourth-order valence-corrected chi connectivity index (χ4v) is 4.82. The summed E-state index contributed by atoms with van der Waals surface area (Å²) in [5.74, 6) is 2.04. The Morgan fingerprint density at radius 2 is 1.90 bits per heavy atom. The lowest BCUT2D eigenvalue weighted by atomic mass is 9.84. The first kappa shape index (κ1) is 22.2. The molecule has 2 heterocycles. The molecule has 1 aromatic heterocycles. The molecule has 1 aromatic carbocycles. The number of hydrogen-bond donors (Lipinski definition) is 2. The van der Waals surface area contributed by atoms with E-state index >= 15 is 0 Å². The van der Waals surface area contributed by atoms with Gasteiger partial charge in [0.1, 0.15) is 5.82 Å². The molecule has 2 N–H and O–H groups in total. The quantitative estimate of drug-likeness (QED) is 0.697. The molecule has 4 rings (SSSR count). The standard InChI is InChI=1S/C22H30N4OS.ClH/c23-18(15-28)22(27)26-12-11-25-14-19(17-9-5-2-6-10-17)24-21(25)20(26)13-16-7-3-1-4-8-16;/h2,5-6,9-10,14,16,18,20,28H,1,3-4,7-8,11-13,15,23H2;1H/t18-,20-;/m0./s1. The molecule has 2 aliphatic rings. The Hall–Kier alpha value is -1.50. The lowest BCUT2D eigenvalue weighted by molar-refractivity contribution is -0.136. The topological polar surface area (TPSA) is 64.2 Å². The van der Waals surface area contributed by atoms with Crippen LogP contribution in [0.25, 0.3) is 11.3 Å². The molecule has 1 aliphatic heterocycles. The normalized spacial score (nSPS) is 20.6. The van der Waals surface area contributed by atoms with Crippen LogP contribution in [0.2, 0.25) is 0 Å². The number of rotatable bonds is 5. The number of fused-ring (bicyclic) bond motifs is 1. The minimum atomic E-state index is -0.549. The number of carbonyl (C=O) groups excluding carboxylic acids is 1. The molecule has 29 heavy (non-hydrogen) atoms. The van der Waals surface area contributed by atoms with Crippen LogP contribution in [0.5, 0.6) is 0 Å². The number of carbonyl (C=O) groups is 1. The molecule has 2 atom stereocenters. The van der Waals surface area contributed by atoms with Crippen LogP contribution < -0.4 is 5.73 Å². The van der Waals surface area contributed by atoms with E-state index in [9.17, 15) is 4.79 Å². The summed E-state index contributed by atoms with van der Waals surface area (Å²) in [6, 6.07) is 9.72. The molecule has 0 saturated heterocycles. The first-order valence-corrected chi connectivity index (χ1v) is 11.1. The number of hydrogen-bond acceptors (Lipinski definition) is 4. The Kier molecular flexibility index (Phi) is 7.66. The van der Waals surface area contributed by atoms with Gasteiger partial charge in [-0.1, -0.05) is 62.4 Å². The fraction of sp³-hybridized carbons (Fsp3) is 0.545. The maximum absolute atomic E-state index is 13.0. The van der Waals surface area contributed by atoms with Gasteiger partial charge in [0, 0.05) is 30.6 Å². The highest BCUT2D eigenvalue weighted by atomic mass is 35.5. The number of nitrogens with two attached hydrogens (primary N) is 1. The monoisotopic (exact) mass is 434 g/mol. The molecule has 7 heteroatoms. The van der Waals surface area contributed by atoms with Gasteiger partial charge in [0.2, 0.25) is 5.91 Å². The Morgan fingerprint density at radius 3 is 2.59 bits per heavy atom. The zero-order valence-corrected chi connectivity index (χ0v) is 18.5. The van der Waals surface area contributed by atoms with Crippen molar-refractivity contribution in [2.45, 2.75) is 57.2 Å². The van der Waals surface area contributed by atoms with Crippen molar-refractivity contribution < 1.29 is 4.79 Å². The number of nitrogens with zero attached hydrogens (tertiary/aromatic N) is 3. The lowest BCUT2D eigenvalue weighted by Crippen LogP contribution is -2.50. The number of amides is 1. The van der Waals surface area contributed by atoms with Gasteiger partial charge in [0.05, 0.1) is 17.8 Å². The molecule has 0 spiro atoms. The SMILES string of the molecule is Cl.N[C@@H](CS)C(=O)N1CCn2cc(-c3ccccc3)nc2[C@@H]1CC1CCCCC1. The predicted molar refractivity (Wildman–Crippen MR) is 122 cm³/mol. The van der Waals surface area contributed by atoms with Crippen molar-refractivity contribution in [3.8, 4) is 11.3 Å². The molecule has 1 fully saturated rings. The summed E-state index contributed by atoms with van der Waals surface area (Å²) in [5.41, 5.74) is 8.16. The van der Waals surface area contributed by atoms with Gasteiger partial charge in [-0.2, -0.15) is 12.6 Å². The van der Waals surface area contributed by atoms with Crippen LogP contribution in [-0.2, 0) is 11.3 Å². The molecular formula is C22H31ClN4OS. The number of imidazole rings is 1. The van der Waals surface area contributed by atoms with Crippen molar-refractivity contribution in [1.29, 1.82) is 0 Å². The van der Waals surface area contributed by atoms with Crippen molar-refractivity contribution in [3.63, 3.8) is 0 Å². The minimum absolute atomic E-state index is 0. The van der Waals surface area contributed by atoms with E-state index in [0.29, 0.717) is 18.2 Å². The Morgan fingerprint density at radius 1 is 1.17 bits per heavy atom. The van der Waals surface area contributed by atoms with Crippen molar-refractivity contribution >= 4 is 30.9 Å². The predicted octanol–water partition coefficient (Wildman–Crippen LogP) is 4.08. The van der Waals surface area contributed by atoms with Crippen molar-refractivity contribution in [2.75, 3.05) is 12.3 Å². The summed E-state index contributed by atoms with van der Waals surface area (Å²) in [6.07, 6.45) is 9.56. The Balaban J connectivity index is 0.00000240. The van der Waals surface area contributed by atoms with Crippen LogP contribution in [0, 0.1) is 5.92 Å². The van der Waals surface area contributed by atoms with Crippen LogP contribution in [0.15, 0.2) is 36.5 Å². The van der Waals surface area contributed by atoms with Gasteiger partial charge in [-0.25, -0.2) is 4.98 Å². The average molecular weight is 435 g/mol. The third-order valence-corrected chi connectivity index (χ3v) is 6.60. The van der Waals surface area contributed by atoms with E-state index in [0.717, 1.165) is 30.0 Å². The smallest absolute Gasteiger partial charge is 0.241 e. The van der Waals surface area contributed by atoms with Crippen molar-refractivity contribution in [1.82, 2.24) is 14.5 Å². The summed E-state index contributed by atoms with van der Waals surface area (Å²) in [5, 5.41) is 0. The zero-order valence-electron chi connectivity index (χ0n) is 16.7. The fourth-order valence-electron chi connectivity index (χ4n) is 4.66. The van der Waals surface area contributed by atoms with Gasteiger partial charge in [0.25, 0.3) is 0 Å². The number of aromatic nitrogens is 2. The van der Waals surface area contributed by atoms with Gasteiger partial charge >= 0.3 is 0 Å². The molecule has 158 valence electrons. The van der Waals surface area contributed by atoms with E-state index in [2.05, 4.69) is 35.5 Å². The van der Waals surface area contributed by atoms with Crippen LogP contribution in [0.3, 0.4) is 0 Å². The number of thiol groups is 1. The maximum atomic E-state index is 13.0. The molecule has 2 aromatic rings. The van der Waals surface area contributed by atoms with Gasteiger partial charge in [-0.15, -0.1) is 12.4 Å². The number of benzene rings is 1. The largest absolute Gasteiger partial charge is 0.331 e. The highest BCUT2D eigenvalue weighted by Gasteiger charge is 2.36.